The van der Waals surface area contributed by atoms with Crippen LogP contribution in [0, 0.1) is 0 Å². The van der Waals surface area contributed by atoms with Crippen LogP contribution in [0.15, 0.2) is 22.7 Å². The van der Waals surface area contributed by atoms with Crippen molar-refractivity contribution in [3.8, 4) is 5.75 Å². The zero-order valence-corrected chi connectivity index (χ0v) is 8.91. The highest BCUT2D eigenvalue weighted by atomic mass is 79.9. The van der Waals surface area contributed by atoms with E-state index in [1.165, 1.54) is 0 Å². The molecule has 1 atom stereocenters. The Morgan fingerprint density at radius 3 is 2.85 bits per heavy atom. The molecule has 0 fully saturated rings. The molecule has 1 rings (SSSR count). The average molecular weight is 246 g/mol. The summed E-state index contributed by atoms with van der Waals surface area (Å²) < 4.78 is 5.95. The minimum atomic E-state index is -0.623. The maximum Gasteiger partial charge on any atom is 0.133 e. The standard InChI is InChI=1S/C9H12BrNO2/c1-13-9-4-6(8(12)5-11)2-3-7(9)10/h2-4,8,12H,5,11H2,1H3/t8-/m1/s1. The number of methoxy groups -OCH3 is 1. The fourth-order valence-corrected chi connectivity index (χ4v) is 1.43. The second-order valence-corrected chi connectivity index (χ2v) is 3.50. The summed E-state index contributed by atoms with van der Waals surface area (Å²) in [6.07, 6.45) is -0.623. The lowest BCUT2D eigenvalue weighted by Gasteiger charge is -2.10. The highest BCUT2D eigenvalue weighted by Crippen LogP contribution is 2.27. The highest BCUT2D eigenvalue weighted by Gasteiger charge is 2.07. The van der Waals surface area contributed by atoms with Crippen molar-refractivity contribution in [1.82, 2.24) is 0 Å². The molecule has 1 aromatic carbocycles. The minimum absolute atomic E-state index is 0.213. The molecule has 72 valence electrons. The molecule has 0 radical (unpaired) electrons. The molecular formula is C9H12BrNO2. The predicted octanol–water partition coefficient (Wildman–Crippen LogP) is 1.45. The Morgan fingerprint density at radius 1 is 1.62 bits per heavy atom. The first-order valence-corrected chi connectivity index (χ1v) is 4.70. The van der Waals surface area contributed by atoms with Crippen molar-refractivity contribution in [2.45, 2.75) is 6.10 Å². The zero-order valence-electron chi connectivity index (χ0n) is 7.33. The third-order valence-corrected chi connectivity index (χ3v) is 2.44. The van der Waals surface area contributed by atoms with Crippen LogP contribution in [-0.4, -0.2) is 18.8 Å². The summed E-state index contributed by atoms with van der Waals surface area (Å²) in [6.45, 7) is 0.213. The predicted molar refractivity (Wildman–Crippen MR) is 54.7 cm³/mol. The van der Waals surface area contributed by atoms with Crippen molar-refractivity contribution in [2.24, 2.45) is 5.73 Å². The van der Waals surface area contributed by atoms with Gasteiger partial charge in [0.15, 0.2) is 0 Å². The van der Waals surface area contributed by atoms with Gasteiger partial charge in [0.25, 0.3) is 0 Å². The van der Waals surface area contributed by atoms with Gasteiger partial charge >= 0.3 is 0 Å². The first-order valence-electron chi connectivity index (χ1n) is 3.90. The molecule has 1 aromatic rings. The Hall–Kier alpha value is -0.580. The molecule has 0 aromatic heterocycles. The van der Waals surface area contributed by atoms with Gasteiger partial charge < -0.3 is 15.6 Å². The van der Waals surface area contributed by atoms with E-state index in [0.717, 1.165) is 10.0 Å². The number of ether oxygens (including phenoxy) is 1. The molecule has 13 heavy (non-hydrogen) atoms. The van der Waals surface area contributed by atoms with Crippen molar-refractivity contribution in [3.05, 3.63) is 28.2 Å². The Balaban J connectivity index is 2.99. The molecule has 0 aliphatic heterocycles. The Bertz CT molecular complexity index is 291. The van der Waals surface area contributed by atoms with Crippen LogP contribution in [0.25, 0.3) is 0 Å². The van der Waals surface area contributed by atoms with Crippen molar-refractivity contribution in [2.75, 3.05) is 13.7 Å². The van der Waals surface area contributed by atoms with Crippen molar-refractivity contribution >= 4 is 15.9 Å². The van der Waals surface area contributed by atoms with Gasteiger partial charge in [-0.25, -0.2) is 0 Å². The summed E-state index contributed by atoms with van der Waals surface area (Å²) in [5.74, 6) is 0.699. The van der Waals surface area contributed by atoms with E-state index in [0.29, 0.717) is 5.75 Å². The number of benzene rings is 1. The molecule has 0 saturated heterocycles. The summed E-state index contributed by atoms with van der Waals surface area (Å²) in [4.78, 5) is 0. The summed E-state index contributed by atoms with van der Waals surface area (Å²) in [5, 5.41) is 9.44. The number of hydrogen-bond acceptors (Lipinski definition) is 3. The van der Waals surface area contributed by atoms with E-state index < -0.39 is 6.10 Å². The van der Waals surface area contributed by atoms with Gasteiger partial charge in [0.05, 0.1) is 17.7 Å². The fourth-order valence-electron chi connectivity index (χ4n) is 1.02. The molecule has 0 aliphatic rings. The van der Waals surface area contributed by atoms with Gasteiger partial charge in [0.1, 0.15) is 5.75 Å². The van der Waals surface area contributed by atoms with E-state index in [1.54, 1.807) is 13.2 Å². The summed E-state index contributed by atoms with van der Waals surface area (Å²) >= 11 is 3.32. The highest BCUT2D eigenvalue weighted by molar-refractivity contribution is 9.10. The minimum Gasteiger partial charge on any atom is -0.496 e. The van der Waals surface area contributed by atoms with Crippen LogP contribution in [0.1, 0.15) is 11.7 Å². The van der Waals surface area contributed by atoms with Crippen LogP contribution < -0.4 is 10.5 Å². The van der Waals surface area contributed by atoms with Gasteiger partial charge in [0, 0.05) is 6.54 Å². The number of hydrogen-bond donors (Lipinski definition) is 2. The lowest BCUT2D eigenvalue weighted by molar-refractivity contribution is 0.186. The van der Waals surface area contributed by atoms with E-state index in [4.69, 9.17) is 10.5 Å². The number of aliphatic hydroxyl groups excluding tert-OH is 1. The second kappa shape index (κ2) is 4.60. The third-order valence-electron chi connectivity index (χ3n) is 1.78. The van der Waals surface area contributed by atoms with Gasteiger partial charge in [0.2, 0.25) is 0 Å². The first-order chi connectivity index (χ1) is 6.19. The number of aliphatic hydroxyl groups is 1. The summed E-state index contributed by atoms with van der Waals surface area (Å²) in [6, 6.07) is 5.40. The molecule has 0 heterocycles. The van der Waals surface area contributed by atoms with Crippen LogP contribution in [0.4, 0.5) is 0 Å². The maximum atomic E-state index is 9.44. The van der Waals surface area contributed by atoms with Crippen LogP contribution in [0.3, 0.4) is 0 Å². The average Bonchev–Trinajstić information content (AvgIpc) is 2.17. The van der Waals surface area contributed by atoms with Gasteiger partial charge in [-0.1, -0.05) is 6.07 Å². The smallest absolute Gasteiger partial charge is 0.133 e. The van der Waals surface area contributed by atoms with E-state index in [-0.39, 0.29) is 6.54 Å². The number of rotatable bonds is 3. The van der Waals surface area contributed by atoms with E-state index in [2.05, 4.69) is 15.9 Å². The van der Waals surface area contributed by atoms with Gasteiger partial charge in [-0.15, -0.1) is 0 Å². The van der Waals surface area contributed by atoms with Crippen LogP contribution >= 0.6 is 15.9 Å². The fraction of sp³-hybridized carbons (Fsp3) is 0.333. The SMILES string of the molecule is COc1cc([C@H](O)CN)ccc1Br. The zero-order chi connectivity index (χ0) is 9.84. The molecule has 0 spiro atoms. The first kappa shape index (κ1) is 10.5. The molecule has 0 aliphatic carbocycles. The lowest BCUT2D eigenvalue weighted by atomic mass is 10.1. The van der Waals surface area contributed by atoms with Crippen molar-refractivity contribution < 1.29 is 9.84 Å². The third kappa shape index (κ3) is 2.43. The van der Waals surface area contributed by atoms with Crippen LogP contribution in [0.2, 0.25) is 0 Å². The molecule has 0 amide bonds. The quantitative estimate of drug-likeness (QED) is 0.848. The summed E-state index contributed by atoms with van der Waals surface area (Å²) in [7, 11) is 1.58. The second-order valence-electron chi connectivity index (χ2n) is 2.65. The lowest BCUT2D eigenvalue weighted by Crippen LogP contribution is -2.11. The Labute approximate surface area is 85.6 Å². The monoisotopic (exact) mass is 245 g/mol. The number of halogens is 1. The molecule has 0 unspecified atom stereocenters. The molecule has 3 nitrogen and oxygen atoms in total. The molecule has 3 N–H and O–H groups in total. The Morgan fingerprint density at radius 2 is 2.31 bits per heavy atom. The topological polar surface area (TPSA) is 55.5 Å². The largest absolute Gasteiger partial charge is 0.496 e. The van der Waals surface area contributed by atoms with Crippen LogP contribution in [0.5, 0.6) is 5.75 Å². The maximum absolute atomic E-state index is 9.44. The Kier molecular flexibility index (Phi) is 3.71. The van der Waals surface area contributed by atoms with E-state index in [9.17, 15) is 5.11 Å². The molecule has 4 heteroatoms. The van der Waals surface area contributed by atoms with Crippen molar-refractivity contribution in [1.29, 1.82) is 0 Å². The van der Waals surface area contributed by atoms with E-state index >= 15 is 0 Å². The van der Waals surface area contributed by atoms with Gasteiger partial charge in [-0.05, 0) is 33.6 Å². The van der Waals surface area contributed by atoms with Crippen molar-refractivity contribution in [3.63, 3.8) is 0 Å². The molecule has 0 bridgehead atoms. The van der Waals surface area contributed by atoms with Gasteiger partial charge in [-0.2, -0.15) is 0 Å². The molecular weight excluding hydrogens is 234 g/mol. The number of nitrogens with two attached hydrogens (primary N) is 1. The van der Waals surface area contributed by atoms with Gasteiger partial charge in [-0.3, -0.25) is 0 Å². The van der Waals surface area contributed by atoms with Crippen LogP contribution in [-0.2, 0) is 0 Å². The van der Waals surface area contributed by atoms with E-state index in [1.807, 2.05) is 12.1 Å². The summed E-state index contributed by atoms with van der Waals surface area (Å²) in [5.41, 5.74) is 6.10. The molecule has 0 saturated carbocycles. The normalized spacial score (nSPS) is 12.6.